The molecular formula is C21H19F4N5O2. The van der Waals surface area contributed by atoms with E-state index in [0.29, 0.717) is 31.1 Å². The van der Waals surface area contributed by atoms with Gasteiger partial charge in [-0.05, 0) is 43.0 Å². The lowest BCUT2D eigenvalue weighted by molar-refractivity contribution is -0.132. The third-order valence-electron chi connectivity index (χ3n) is 5.27. The van der Waals surface area contributed by atoms with Crippen LogP contribution in [0, 0.1) is 23.3 Å². The first-order valence-electron chi connectivity index (χ1n) is 9.96. The summed E-state index contributed by atoms with van der Waals surface area (Å²) in [7, 11) is 0. The van der Waals surface area contributed by atoms with Gasteiger partial charge in [-0.3, -0.25) is 4.79 Å². The molecule has 3 heterocycles. The van der Waals surface area contributed by atoms with Crippen LogP contribution in [0.3, 0.4) is 0 Å². The van der Waals surface area contributed by atoms with Crippen molar-refractivity contribution < 1.29 is 26.9 Å². The molecule has 1 aliphatic heterocycles. The van der Waals surface area contributed by atoms with E-state index >= 15 is 0 Å². The fourth-order valence-corrected chi connectivity index (χ4v) is 3.73. The van der Waals surface area contributed by atoms with E-state index in [1.165, 1.54) is 12.1 Å². The van der Waals surface area contributed by atoms with E-state index in [2.05, 4.69) is 15.1 Å². The fraction of sp³-hybridized carbons (Fsp3) is 0.333. The number of pyridine rings is 1. The maximum absolute atomic E-state index is 13.9. The van der Waals surface area contributed by atoms with Crippen molar-refractivity contribution in [3.05, 3.63) is 65.1 Å². The number of rotatable bonds is 6. The zero-order chi connectivity index (χ0) is 22.8. The summed E-state index contributed by atoms with van der Waals surface area (Å²) in [5.41, 5.74) is 6.19. The van der Waals surface area contributed by atoms with E-state index in [1.807, 2.05) is 0 Å². The molecule has 2 unspecified atom stereocenters. The minimum atomic E-state index is -1.29. The molecule has 1 fully saturated rings. The number of carbonyl (C=O) groups excluding carboxylic acids is 1. The number of amides is 1. The number of aromatic nitrogens is 3. The van der Waals surface area contributed by atoms with Crippen LogP contribution in [0.1, 0.15) is 36.7 Å². The second kappa shape index (κ2) is 9.03. The van der Waals surface area contributed by atoms with Crippen molar-refractivity contribution >= 4 is 5.91 Å². The molecule has 0 bridgehead atoms. The Morgan fingerprint density at radius 2 is 1.97 bits per heavy atom. The Kier molecular flexibility index (Phi) is 6.17. The Hall–Kier alpha value is -3.34. The highest BCUT2D eigenvalue weighted by atomic mass is 19.2. The molecule has 7 nitrogen and oxygen atoms in total. The van der Waals surface area contributed by atoms with Crippen LogP contribution >= 0.6 is 0 Å². The summed E-state index contributed by atoms with van der Waals surface area (Å²) in [6.45, 7) is 0.453. The van der Waals surface area contributed by atoms with Crippen LogP contribution in [0.4, 0.5) is 17.6 Å². The van der Waals surface area contributed by atoms with E-state index in [9.17, 15) is 22.4 Å². The van der Waals surface area contributed by atoms with Crippen molar-refractivity contribution in [1.82, 2.24) is 20.0 Å². The van der Waals surface area contributed by atoms with E-state index < -0.39 is 35.4 Å². The quantitative estimate of drug-likeness (QED) is 0.458. The number of nitrogens with two attached hydrogens (primary N) is 1. The summed E-state index contributed by atoms with van der Waals surface area (Å²) in [4.78, 5) is 22.6. The first-order valence-corrected chi connectivity index (χ1v) is 9.96. The summed E-state index contributed by atoms with van der Waals surface area (Å²) in [5.74, 6) is -3.79. The van der Waals surface area contributed by atoms with Gasteiger partial charge < -0.3 is 15.2 Å². The zero-order valence-electron chi connectivity index (χ0n) is 16.8. The molecule has 11 heteroatoms. The average molecular weight is 449 g/mol. The lowest BCUT2D eigenvalue weighted by Crippen LogP contribution is -2.36. The molecular weight excluding hydrogens is 430 g/mol. The highest BCUT2D eigenvalue weighted by Crippen LogP contribution is 2.32. The Balaban J connectivity index is 1.42. The summed E-state index contributed by atoms with van der Waals surface area (Å²) in [5, 5.41) is 3.93. The lowest BCUT2D eigenvalue weighted by Gasteiger charge is -2.24. The van der Waals surface area contributed by atoms with Crippen molar-refractivity contribution in [3.8, 4) is 11.6 Å². The summed E-state index contributed by atoms with van der Waals surface area (Å²) < 4.78 is 58.6. The van der Waals surface area contributed by atoms with Crippen LogP contribution in [0.5, 0.6) is 0 Å². The second-order valence-electron chi connectivity index (χ2n) is 7.59. The number of carbonyl (C=O) groups is 1. The molecule has 1 aliphatic rings. The SMILES string of the molecule is NC(CC(=O)N1CCCC1c1noc(-c2ccc(F)cn2)n1)Cc1cc(F)c(F)cc1F. The van der Waals surface area contributed by atoms with Crippen molar-refractivity contribution in [3.63, 3.8) is 0 Å². The van der Waals surface area contributed by atoms with E-state index in [-0.39, 0.29) is 36.0 Å². The zero-order valence-corrected chi connectivity index (χ0v) is 16.8. The largest absolute Gasteiger partial charge is 0.332 e. The molecule has 4 rings (SSSR count). The van der Waals surface area contributed by atoms with E-state index in [1.54, 1.807) is 4.90 Å². The number of nitrogens with zero attached hydrogens (tertiary/aromatic N) is 4. The van der Waals surface area contributed by atoms with Gasteiger partial charge in [0.15, 0.2) is 17.5 Å². The molecule has 1 saturated heterocycles. The Morgan fingerprint density at radius 3 is 2.72 bits per heavy atom. The minimum Gasteiger partial charge on any atom is -0.332 e. The molecule has 32 heavy (non-hydrogen) atoms. The lowest BCUT2D eigenvalue weighted by atomic mass is 10.0. The smallest absolute Gasteiger partial charge is 0.276 e. The monoisotopic (exact) mass is 449 g/mol. The van der Waals surface area contributed by atoms with Crippen LogP contribution in [-0.2, 0) is 11.2 Å². The summed E-state index contributed by atoms with van der Waals surface area (Å²) in [6, 6.07) is 2.59. The normalized spacial score (nSPS) is 17.0. The van der Waals surface area contributed by atoms with Gasteiger partial charge in [-0.15, -0.1) is 0 Å². The second-order valence-corrected chi connectivity index (χ2v) is 7.59. The molecule has 2 atom stereocenters. The Bertz CT molecular complexity index is 1120. The average Bonchev–Trinajstić information content (AvgIpc) is 3.42. The highest BCUT2D eigenvalue weighted by Gasteiger charge is 2.34. The maximum Gasteiger partial charge on any atom is 0.276 e. The third kappa shape index (κ3) is 4.62. The fourth-order valence-electron chi connectivity index (χ4n) is 3.73. The summed E-state index contributed by atoms with van der Waals surface area (Å²) in [6.07, 6.45) is 2.09. The molecule has 0 aliphatic carbocycles. The first kappa shape index (κ1) is 21.9. The number of likely N-dealkylation sites (tertiary alicyclic amines) is 1. The predicted molar refractivity (Wildman–Crippen MR) is 104 cm³/mol. The van der Waals surface area contributed by atoms with Gasteiger partial charge in [0.05, 0.1) is 12.2 Å². The molecule has 168 valence electrons. The standard InChI is InChI=1S/C21H19F4N5O2/c22-12-3-4-17(27-10-12)21-28-20(29-32-21)18-2-1-5-30(18)19(31)8-13(26)6-11-7-15(24)16(25)9-14(11)23/h3-4,7,9-10,13,18H,1-2,5-6,8,26H2. The van der Waals surface area contributed by atoms with Crippen LogP contribution in [0.25, 0.3) is 11.6 Å². The molecule has 1 aromatic carbocycles. The van der Waals surface area contributed by atoms with Crippen molar-refractivity contribution in [2.24, 2.45) is 5.73 Å². The maximum atomic E-state index is 13.9. The molecule has 0 saturated carbocycles. The van der Waals surface area contributed by atoms with Gasteiger partial charge in [-0.2, -0.15) is 4.98 Å². The Morgan fingerprint density at radius 1 is 1.19 bits per heavy atom. The predicted octanol–water partition coefficient (Wildman–Crippen LogP) is 3.31. The van der Waals surface area contributed by atoms with Gasteiger partial charge in [0.25, 0.3) is 5.89 Å². The topological polar surface area (TPSA) is 98.1 Å². The third-order valence-corrected chi connectivity index (χ3v) is 5.27. The van der Waals surface area contributed by atoms with Gasteiger partial charge >= 0.3 is 0 Å². The van der Waals surface area contributed by atoms with Crippen molar-refractivity contribution in [2.75, 3.05) is 6.54 Å². The highest BCUT2D eigenvalue weighted by molar-refractivity contribution is 5.77. The van der Waals surface area contributed by atoms with E-state index in [0.717, 1.165) is 12.3 Å². The van der Waals surface area contributed by atoms with Crippen molar-refractivity contribution in [2.45, 2.75) is 37.8 Å². The Labute approximate surface area is 180 Å². The van der Waals surface area contributed by atoms with Crippen LogP contribution in [-0.4, -0.2) is 38.5 Å². The molecule has 3 aromatic rings. The van der Waals surface area contributed by atoms with Gasteiger partial charge in [-0.25, -0.2) is 22.5 Å². The van der Waals surface area contributed by atoms with Gasteiger partial charge in [-0.1, -0.05) is 5.16 Å². The van der Waals surface area contributed by atoms with Crippen LogP contribution < -0.4 is 5.73 Å². The molecule has 0 spiro atoms. The van der Waals surface area contributed by atoms with Crippen LogP contribution in [0.2, 0.25) is 0 Å². The number of hydrogen-bond donors (Lipinski definition) is 1. The molecule has 2 aromatic heterocycles. The number of halogens is 4. The van der Waals surface area contributed by atoms with Gasteiger partial charge in [0.1, 0.15) is 17.3 Å². The first-order chi connectivity index (χ1) is 15.3. The van der Waals surface area contributed by atoms with Crippen LogP contribution in [0.15, 0.2) is 35.0 Å². The van der Waals surface area contributed by atoms with E-state index in [4.69, 9.17) is 10.3 Å². The van der Waals surface area contributed by atoms with Gasteiger partial charge in [0, 0.05) is 25.1 Å². The molecule has 0 radical (unpaired) electrons. The molecule has 1 amide bonds. The minimum absolute atomic E-state index is 0.100. The number of benzene rings is 1. The van der Waals surface area contributed by atoms with Gasteiger partial charge in [0.2, 0.25) is 5.91 Å². The summed E-state index contributed by atoms with van der Waals surface area (Å²) >= 11 is 0. The van der Waals surface area contributed by atoms with Crippen molar-refractivity contribution in [1.29, 1.82) is 0 Å². The molecule has 2 N–H and O–H groups in total. The number of hydrogen-bond acceptors (Lipinski definition) is 6.